The number of methoxy groups -OCH3 is 1. The lowest BCUT2D eigenvalue weighted by Crippen LogP contribution is -2.51. The van der Waals surface area contributed by atoms with Gasteiger partial charge >= 0.3 is 0 Å². The number of aromatic nitrogens is 3. The van der Waals surface area contributed by atoms with Gasteiger partial charge in [0.1, 0.15) is 17.6 Å². The Hall–Kier alpha value is -2.36. The van der Waals surface area contributed by atoms with Crippen molar-refractivity contribution in [1.29, 1.82) is 0 Å². The number of ether oxygens (including phenoxy) is 2. The SMILES string of the molecule is COCc1cn(CC[C@H]2CC[C@@H](NC(=O)c3ccc(F)cc3)[C@@H](CO)O2)nn1. The van der Waals surface area contributed by atoms with Crippen molar-refractivity contribution in [3.63, 3.8) is 0 Å². The Morgan fingerprint density at radius 3 is 2.89 bits per heavy atom. The van der Waals surface area contributed by atoms with E-state index in [-0.39, 0.29) is 24.7 Å². The molecule has 0 radical (unpaired) electrons. The fraction of sp³-hybridized carbons (Fsp3) is 0.526. The lowest BCUT2D eigenvalue weighted by Gasteiger charge is -2.36. The second-order valence-electron chi connectivity index (χ2n) is 6.84. The largest absolute Gasteiger partial charge is 0.394 e. The monoisotopic (exact) mass is 392 g/mol. The molecule has 9 heteroatoms. The van der Waals surface area contributed by atoms with Gasteiger partial charge in [0, 0.05) is 19.2 Å². The molecule has 0 bridgehead atoms. The number of carbonyl (C=O) groups excluding carboxylic acids is 1. The van der Waals surface area contributed by atoms with Gasteiger partial charge in [-0.3, -0.25) is 9.48 Å². The van der Waals surface area contributed by atoms with Crippen molar-refractivity contribution < 1.29 is 23.8 Å². The molecule has 3 rings (SSSR count). The Morgan fingerprint density at radius 2 is 2.18 bits per heavy atom. The van der Waals surface area contributed by atoms with Gasteiger partial charge in [-0.2, -0.15) is 0 Å². The van der Waals surface area contributed by atoms with Gasteiger partial charge in [-0.15, -0.1) is 5.10 Å². The molecule has 2 N–H and O–H groups in total. The maximum absolute atomic E-state index is 13.0. The molecule has 2 aromatic rings. The first-order valence-electron chi connectivity index (χ1n) is 9.29. The summed E-state index contributed by atoms with van der Waals surface area (Å²) in [5, 5.41) is 20.6. The summed E-state index contributed by atoms with van der Waals surface area (Å²) in [6.45, 7) is 0.875. The first kappa shape index (κ1) is 20.4. The van der Waals surface area contributed by atoms with Crippen LogP contribution >= 0.6 is 0 Å². The van der Waals surface area contributed by atoms with Crippen LogP contribution in [0.2, 0.25) is 0 Å². The summed E-state index contributed by atoms with van der Waals surface area (Å²) in [5.74, 6) is -0.700. The molecule has 28 heavy (non-hydrogen) atoms. The third-order valence-electron chi connectivity index (χ3n) is 4.78. The Balaban J connectivity index is 1.49. The molecule has 1 fully saturated rings. The van der Waals surface area contributed by atoms with Crippen molar-refractivity contribution in [3.8, 4) is 0 Å². The van der Waals surface area contributed by atoms with Crippen molar-refractivity contribution in [2.45, 2.75) is 50.7 Å². The van der Waals surface area contributed by atoms with E-state index in [0.29, 0.717) is 25.1 Å². The number of nitrogens with zero attached hydrogens (tertiary/aromatic N) is 3. The first-order chi connectivity index (χ1) is 13.6. The van der Waals surface area contributed by atoms with Gasteiger partial charge in [-0.1, -0.05) is 5.21 Å². The molecule has 1 saturated heterocycles. The number of amides is 1. The van der Waals surface area contributed by atoms with Crippen LogP contribution in [0.4, 0.5) is 4.39 Å². The second kappa shape index (κ2) is 9.72. The number of benzene rings is 1. The summed E-state index contributed by atoms with van der Waals surface area (Å²) in [6.07, 6.45) is 3.49. The molecule has 0 aliphatic carbocycles. The summed E-state index contributed by atoms with van der Waals surface area (Å²) in [5.41, 5.74) is 1.14. The molecule has 1 aliphatic rings. The van der Waals surface area contributed by atoms with Crippen LogP contribution in [-0.2, 0) is 22.6 Å². The minimum absolute atomic E-state index is 0.0359. The molecule has 3 atom stereocenters. The highest BCUT2D eigenvalue weighted by Gasteiger charge is 2.32. The van der Waals surface area contributed by atoms with Crippen LogP contribution in [0.5, 0.6) is 0 Å². The maximum Gasteiger partial charge on any atom is 0.251 e. The molecule has 8 nitrogen and oxygen atoms in total. The van der Waals surface area contributed by atoms with Gasteiger partial charge in [-0.25, -0.2) is 4.39 Å². The molecule has 152 valence electrons. The van der Waals surface area contributed by atoms with E-state index in [4.69, 9.17) is 9.47 Å². The zero-order chi connectivity index (χ0) is 19.9. The minimum Gasteiger partial charge on any atom is -0.394 e. The van der Waals surface area contributed by atoms with Crippen LogP contribution in [0.3, 0.4) is 0 Å². The quantitative estimate of drug-likeness (QED) is 0.703. The van der Waals surface area contributed by atoms with Gasteiger partial charge in [0.25, 0.3) is 5.91 Å². The minimum atomic E-state index is -0.483. The number of halogens is 1. The molecular weight excluding hydrogens is 367 g/mol. The number of hydrogen-bond donors (Lipinski definition) is 2. The van der Waals surface area contributed by atoms with Crippen LogP contribution in [0.1, 0.15) is 35.3 Å². The summed E-state index contributed by atoms with van der Waals surface area (Å²) >= 11 is 0. The topological polar surface area (TPSA) is 98.5 Å². The van der Waals surface area contributed by atoms with Crippen LogP contribution in [0.25, 0.3) is 0 Å². The van der Waals surface area contributed by atoms with E-state index in [2.05, 4.69) is 15.6 Å². The normalized spacial score (nSPS) is 22.2. The molecule has 0 spiro atoms. The van der Waals surface area contributed by atoms with Crippen molar-refractivity contribution >= 4 is 5.91 Å². The number of hydrogen-bond acceptors (Lipinski definition) is 6. The van der Waals surface area contributed by atoms with E-state index in [1.165, 1.54) is 24.3 Å². The molecule has 2 heterocycles. The van der Waals surface area contributed by atoms with Crippen molar-refractivity contribution in [3.05, 3.63) is 47.5 Å². The Bertz CT molecular complexity index is 768. The molecule has 1 aromatic heterocycles. The van der Waals surface area contributed by atoms with Crippen molar-refractivity contribution in [1.82, 2.24) is 20.3 Å². The van der Waals surface area contributed by atoms with Crippen LogP contribution in [0, 0.1) is 5.82 Å². The highest BCUT2D eigenvalue weighted by atomic mass is 19.1. The van der Waals surface area contributed by atoms with E-state index in [1.807, 2.05) is 6.20 Å². The Kier molecular flexibility index (Phi) is 7.07. The second-order valence-corrected chi connectivity index (χ2v) is 6.84. The Labute approximate surface area is 162 Å². The van der Waals surface area contributed by atoms with Crippen LogP contribution in [0.15, 0.2) is 30.5 Å². The summed E-state index contributed by atoms with van der Waals surface area (Å²) in [4.78, 5) is 12.3. The van der Waals surface area contributed by atoms with E-state index in [1.54, 1.807) is 11.8 Å². The fourth-order valence-corrected chi connectivity index (χ4v) is 3.30. The molecule has 0 unspecified atom stereocenters. The zero-order valence-electron chi connectivity index (χ0n) is 15.8. The summed E-state index contributed by atoms with van der Waals surface area (Å²) < 4.78 is 25.7. The molecule has 1 amide bonds. The highest BCUT2D eigenvalue weighted by molar-refractivity contribution is 5.94. The zero-order valence-corrected chi connectivity index (χ0v) is 15.8. The van der Waals surface area contributed by atoms with Gasteiger partial charge < -0.3 is 19.9 Å². The van der Waals surface area contributed by atoms with E-state index >= 15 is 0 Å². The van der Waals surface area contributed by atoms with Gasteiger partial charge in [0.2, 0.25) is 0 Å². The van der Waals surface area contributed by atoms with Gasteiger partial charge in [0.05, 0.1) is 31.6 Å². The summed E-state index contributed by atoms with van der Waals surface area (Å²) in [7, 11) is 1.61. The number of aliphatic hydroxyl groups excluding tert-OH is 1. The standard InChI is InChI=1S/C19H25FN4O4/c1-27-12-15-10-24(23-22-15)9-8-16-6-7-17(18(11-25)28-16)21-19(26)13-2-4-14(20)5-3-13/h2-5,10,16-18,25H,6-9,11-12H2,1H3,(H,21,26)/t16-,17-,18-/m1/s1. The highest BCUT2D eigenvalue weighted by Crippen LogP contribution is 2.22. The van der Waals surface area contributed by atoms with E-state index in [0.717, 1.165) is 18.5 Å². The maximum atomic E-state index is 13.0. The third kappa shape index (κ3) is 5.34. The lowest BCUT2D eigenvalue weighted by atomic mass is 9.96. The van der Waals surface area contributed by atoms with E-state index < -0.39 is 11.9 Å². The average Bonchev–Trinajstić information content (AvgIpc) is 3.15. The third-order valence-corrected chi connectivity index (χ3v) is 4.78. The molecule has 1 aromatic carbocycles. The predicted octanol–water partition coefficient (Wildman–Crippen LogP) is 1.29. The molecule has 1 aliphatic heterocycles. The van der Waals surface area contributed by atoms with Crippen LogP contribution in [-0.4, -0.2) is 58.0 Å². The van der Waals surface area contributed by atoms with Gasteiger partial charge in [-0.05, 0) is 43.5 Å². The lowest BCUT2D eigenvalue weighted by molar-refractivity contribution is -0.0912. The van der Waals surface area contributed by atoms with Crippen molar-refractivity contribution in [2.75, 3.05) is 13.7 Å². The fourth-order valence-electron chi connectivity index (χ4n) is 3.30. The van der Waals surface area contributed by atoms with Crippen LogP contribution < -0.4 is 5.32 Å². The first-order valence-corrected chi connectivity index (χ1v) is 9.29. The average molecular weight is 392 g/mol. The Morgan fingerprint density at radius 1 is 1.39 bits per heavy atom. The summed E-state index contributed by atoms with van der Waals surface area (Å²) in [6, 6.07) is 5.06. The number of rotatable bonds is 8. The molecular formula is C19H25FN4O4. The molecule has 0 saturated carbocycles. The number of aryl methyl sites for hydroxylation is 1. The van der Waals surface area contributed by atoms with E-state index in [9.17, 15) is 14.3 Å². The smallest absolute Gasteiger partial charge is 0.251 e. The number of carbonyl (C=O) groups is 1. The van der Waals surface area contributed by atoms with Crippen molar-refractivity contribution in [2.24, 2.45) is 0 Å². The number of aliphatic hydroxyl groups is 1. The number of nitrogens with one attached hydrogen (secondary N) is 1. The predicted molar refractivity (Wildman–Crippen MR) is 98.0 cm³/mol. The van der Waals surface area contributed by atoms with Gasteiger partial charge in [0.15, 0.2) is 0 Å².